The fraction of sp³-hybridized carbons (Fsp3) is 0.286. The molecule has 1 N–H and O–H groups in total. The first-order valence-electron chi connectivity index (χ1n) is 5.56. The largest absolute Gasteiger partial charge is 0.393 e. The van der Waals surface area contributed by atoms with Gasteiger partial charge in [-0.05, 0) is 24.3 Å². The molecule has 1 heterocycles. The summed E-state index contributed by atoms with van der Waals surface area (Å²) in [4.78, 5) is 2.21. The van der Waals surface area contributed by atoms with Gasteiger partial charge in [-0.1, -0.05) is 30.3 Å². The molecule has 0 atom stereocenters. The fourth-order valence-electron chi connectivity index (χ4n) is 1.92. The molecule has 1 aliphatic heterocycles. The first-order chi connectivity index (χ1) is 7.63. The Balaban J connectivity index is 2.52. The van der Waals surface area contributed by atoms with Crippen LogP contribution in [0.3, 0.4) is 0 Å². The van der Waals surface area contributed by atoms with E-state index in [9.17, 15) is 0 Å². The van der Waals surface area contributed by atoms with Gasteiger partial charge in [0.1, 0.15) is 0 Å². The van der Waals surface area contributed by atoms with Crippen LogP contribution < -0.4 is 15.8 Å². The highest BCUT2D eigenvalue weighted by molar-refractivity contribution is 5.47. The van der Waals surface area contributed by atoms with Crippen molar-refractivity contribution in [2.24, 2.45) is 0 Å². The van der Waals surface area contributed by atoms with E-state index in [2.05, 4.69) is 66.8 Å². The molecule has 0 amide bonds. The van der Waals surface area contributed by atoms with E-state index >= 15 is 0 Å². The van der Waals surface area contributed by atoms with Gasteiger partial charge in [-0.25, -0.2) is 0 Å². The Bertz CT molecular complexity index is 512. The number of hydrogen-bond donors (Lipinski definition) is 1. The third kappa shape index (κ3) is 1.96. The van der Waals surface area contributed by atoms with Gasteiger partial charge >= 0.3 is 0 Å². The van der Waals surface area contributed by atoms with Gasteiger partial charge in [0.25, 0.3) is 0 Å². The minimum absolute atomic E-state index is 0.0156. The lowest BCUT2D eigenvalue weighted by Crippen LogP contribution is -2.44. The molecule has 0 saturated heterocycles. The van der Waals surface area contributed by atoms with Crippen molar-refractivity contribution in [3.8, 4) is 0 Å². The molecular formula is C14H18N2. The van der Waals surface area contributed by atoms with Gasteiger partial charge in [0.05, 0.1) is 5.54 Å². The number of nitrogens with zero attached hydrogens (tertiary/aromatic N) is 1. The zero-order chi connectivity index (χ0) is 11.6. The molecule has 84 valence electrons. The van der Waals surface area contributed by atoms with Crippen LogP contribution in [0.2, 0.25) is 0 Å². The second-order valence-corrected chi connectivity index (χ2v) is 4.57. The van der Waals surface area contributed by atoms with Crippen LogP contribution >= 0.6 is 0 Å². The number of fused-ring (bicyclic) bond motifs is 1. The molecule has 0 unspecified atom stereocenters. The molecule has 2 nitrogen and oxygen atoms in total. The molecule has 0 radical (unpaired) electrons. The average Bonchev–Trinajstić information content (AvgIpc) is 2.25. The Morgan fingerprint density at radius 3 is 2.56 bits per heavy atom. The second-order valence-electron chi connectivity index (χ2n) is 4.57. The summed E-state index contributed by atoms with van der Waals surface area (Å²) >= 11 is 0. The van der Waals surface area contributed by atoms with E-state index in [0.717, 1.165) is 0 Å². The molecule has 1 aromatic carbocycles. The summed E-state index contributed by atoms with van der Waals surface area (Å²) in [7, 11) is 1.91. The van der Waals surface area contributed by atoms with Crippen LogP contribution in [-0.2, 0) is 0 Å². The van der Waals surface area contributed by atoms with Crippen LogP contribution in [0.15, 0.2) is 36.7 Å². The lowest BCUT2D eigenvalue weighted by atomic mass is 9.98. The van der Waals surface area contributed by atoms with E-state index < -0.39 is 0 Å². The molecule has 0 fully saturated rings. The summed E-state index contributed by atoms with van der Waals surface area (Å²) < 4.78 is 0. The van der Waals surface area contributed by atoms with E-state index in [4.69, 9.17) is 0 Å². The van der Waals surface area contributed by atoms with Gasteiger partial charge in [-0.15, -0.1) is 0 Å². The van der Waals surface area contributed by atoms with Crippen molar-refractivity contribution < 1.29 is 0 Å². The van der Waals surface area contributed by atoms with Crippen molar-refractivity contribution in [3.63, 3.8) is 0 Å². The van der Waals surface area contributed by atoms with E-state index in [-0.39, 0.29) is 5.54 Å². The molecule has 0 aliphatic carbocycles. The molecule has 2 heteroatoms. The summed E-state index contributed by atoms with van der Waals surface area (Å²) in [6.45, 7) is 4.42. The molecule has 0 saturated carbocycles. The van der Waals surface area contributed by atoms with Crippen molar-refractivity contribution in [2.45, 2.75) is 19.4 Å². The molecule has 16 heavy (non-hydrogen) atoms. The standard InChI is InChI=1S/C14H18N2/c1-14(2)10-12-6-4-5-7-13(12)11-16(14)9-8-15-3/h4-11,15H,1-3H3/b9-8-. The minimum Gasteiger partial charge on any atom is -0.393 e. The highest BCUT2D eigenvalue weighted by Gasteiger charge is 2.21. The molecule has 1 aliphatic rings. The van der Waals surface area contributed by atoms with Crippen LogP contribution in [0.1, 0.15) is 13.8 Å². The quantitative estimate of drug-likeness (QED) is 0.790. The molecule has 1 aromatic rings. The van der Waals surface area contributed by atoms with Crippen LogP contribution in [0.5, 0.6) is 0 Å². The SMILES string of the molecule is CN/C=C\N1C=c2ccccc2=CC1(C)C. The Labute approximate surface area is 96.6 Å². The van der Waals surface area contributed by atoms with Gasteiger partial charge in [-0.3, -0.25) is 0 Å². The maximum atomic E-state index is 3.02. The summed E-state index contributed by atoms with van der Waals surface area (Å²) in [6, 6.07) is 8.45. The van der Waals surface area contributed by atoms with Gasteiger partial charge in [-0.2, -0.15) is 0 Å². The van der Waals surface area contributed by atoms with Gasteiger partial charge in [0.15, 0.2) is 0 Å². The number of nitrogens with one attached hydrogen (secondary N) is 1. The predicted molar refractivity (Wildman–Crippen MR) is 68.7 cm³/mol. The molecule has 2 rings (SSSR count). The lowest BCUT2D eigenvalue weighted by Gasteiger charge is -2.34. The highest BCUT2D eigenvalue weighted by Crippen LogP contribution is 2.18. The summed E-state index contributed by atoms with van der Waals surface area (Å²) in [5.41, 5.74) is 0.0156. The summed E-state index contributed by atoms with van der Waals surface area (Å²) in [5.74, 6) is 0. The molecule has 0 spiro atoms. The van der Waals surface area contributed by atoms with Gasteiger partial charge < -0.3 is 10.2 Å². The van der Waals surface area contributed by atoms with Gasteiger partial charge in [0.2, 0.25) is 0 Å². The predicted octanol–water partition coefficient (Wildman–Crippen LogP) is 0.990. The normalized spacial score (nSPS) is 17.6. The molecule has 0 bridgehead atoms. The Morgan fingerprint density at radius 2 is 1.88 bits per heavy atom. The van der Waals surface area contributed by atoms with Crippen molar-refractivity contribution >= 4 is 12.3 Å². The third-order valence-electron chi connectivity index (χ3n) is 2.85. The van der Waals surface area contributed by atoms with Crippen LogP contribution in [-0.4, -0.2) is 17.5 Å². The van der Waals surface area contributed by atoms with E-state index in [0.29, 0.717) is 0 Å². The van der Waals surface area contributed by atoms with Crippen LogP contribution in [0, 0.1) is 0 Å². The lowest BCUT2D eigenvalue weighted by molar-refractivity contribution is 0.364. The highest BCUT2D eigenvalue weighted by atomic mass is 15.2. The van der Waals surface area contributed by atoms with E-state index in [1.165, 1.54) is 10.4 Å². The second kappa shape index (κ2) is 4.05. The fourth-order valence-corrected chi connectivity index (χ4v) is 1.92. The zero-order valence-corrected chi connectivity index (χ0v) is 10.1. The first kappa shape index (κ1) is 10.8. The Morgan fingerprint density at radius 1 is 1.19 bits per heavy atom. The Kier molecular flexibility index (Phi) is 2.73. The number of benzene rings is 1. The topological polar surface area (TPSA) is 15.3 Å². The minimum atomic E-state index is 0.0156. The van der Waals surface area contributed by atoms with Crippen molar-refractivity contribution in [3.05, 3.63) is 47.1 Å². The summed E-state index contributed by atoms with van der Waals surface area (Å²) in [6.07, 6.45) is 8.48. The number of hydrogen-bond acceptors (Lipinski definition) is 2. The van der Waals surface area contributed by atoms with Crippen molar-refractivity contribution in [2.75, 3.05) is 7.05 Å². The van der Waals surface area contributed by atoms with Crippen molar-refractivity contribution in [1.29, 1.82) is 0 Å². The maximum absolute atomic E-state index is 3.02. The zero-order valence-electron chi connectivity index (χ0n) is 10.1. The van der Waals surface area contributed by atoms with Gasteiger partial charge in [0, 0.05) is 25.6 Å². The van der Waals surface area contributed by atoms with E-state index in [1.807, 2.05) is 13.2 Å². The Hall–Kier alpha value is -1.70. The first-order valence-corrected chi connectivity index (χ1v) is 5.56. The summed E-state index contributed by atoms with van der Waals surface area (Å²) in [5, 5.41) is 5.59. The molecule has 0 aromatic heterocycles. The molecular weight excluding hydrogens is 196 g/mol. The van der Waals surface area contributed by atoms with Crippen LogP contribution in [0.25, 0.3) is 12.3 Å². The average molecular weight is 214 g/mol. The maximum Gasteiger partial charge on any atom is 0.0575 e. The number of rotatable bonds is 2. The van der Waals surface area contributed by atoms with Crippen molar-refractivity contribution in [1.82, 2.24) is 10.2 Å². The van der Waals surface area contributed by atoms with Crippen LogP contribution in [0.4, 0.5) is 0 Å². The smallest absolute Gasteiger partial charge is 0.0575 e. The monoisotopic (exact) mass is 214 g/mol. The third-order valence-corrected chi connectivity index (χ3v) is 2.85. The van der Waals surface area contributed by atoms with E-state index in [1.54, 1.807) is 0 Å².